The molecule has 1 aromatic heterocycles. The number of esters is 1. The van der Waals surface area contributed by atoms with Crippen LogP contribution in [0.1, 0.15) is 5.56 Å². The number of fused-ring (bicyclic) bond motifs is 1. The van der Waals surface area contributed by atoms with E-state index in [9.17, 15) is 4.79 Å². The van der Waals surface area contributed by atoms with Crippen LogP contribution < -0.4 is 5.73 Å². The first-order valence-corrected chi connectivity index (χ1v) is 5.10. The SMILES string of the molecule is COC(=O)Cn1ccc2c(CN)cccc21. The van der Waals surface area contributed by atoms with Crippen molar-refractivity contribution in [2.24, 2.45) is 5.73 Å². The summed E-state index contributed by atoms with van der Waals surface area (Å²) >= 11 is 0. The molecule has 1 aromatic carbocycles. The van der Waals surface area contributed by atoms with Gasteiger partial charge in [0.15, 0.2) is 0 Å². The Bertz CT molecular complexity index is 517. The minimum atomic E-state index is -0.254. The van der Waals surface area contributed by atoms with Crippen LogP contribution in [0.15, 0.2) is 30.5 Å². The van der Waals surface area contributed by atoms with Crippen molar-refractivity contribution in [2.75, 3.05) is 7.11 Å². The first kappa shape index (κ1) is 10.7. The molecule has 84 valence electrons. The first-order valence-electron chi connectivity index (χ1n) is 5.10. The quantitative estimate of drug-likeness (QED) is 0.789. The molecule has 0 saturated heterocycles. The van der Waals surface area contributed by atoms with Crippen molar-refractivity contribution in [3.63, 3.8) is 0 Å². The lowest BCUT2D eigenvalue weighted by Gasteiger charge is -2.04. The van der Waals surface area contributed by atoms with Gasteiger partial charge in [-0.05, 0) is 17.7 Å². The molecule has 2 aromatic rings. The van der Waals surface area contributed by atoms with Crippen molar-refractivity contribution in [3.8, 4) is 0 Å². The van der Waals surface area contributed by atoms with E-state index >= 15 is 0 Å². The summed E-state index contributed by atoms with van der Waals surface area (Å²) in [5, 5.41) is 1.09. The standard InChI is InChI=1S/C12H14N2O2/c1-16-12(15)8-14-6-5-10-9(7-13)3-2-4-11(10)14/h2-6H,7-8,13H2,1H3. The van der Waals surface area contributed by atoms with Gasteiger partial charge in [0.1, 0.15) is 6.54 Å². The van der Waals surface area contributed by atoms with E-state index in [4.69, 9.17) is 5.73 Å². The number of carbonyl (C=O) groups is 1. The maximum Gasteiger partial charge on any atom is 0.325 e. The van der Waals surface area contributed by atoms with Crippen LogP contribution in [0.2, 0.25) is 0 Å². The van der Waals surface area contributed by atoms with Crippen LogP contribution in [0.3, 0.4) is 0 Å². The number of rotatable bonds is 3. The van der Waals surface area contributed by atoms with Crippen molar-refractivity contribution < 1.29 is 9.53 Å². The van der Waals surface area contributed by atoms with Crippen LogP contribution in [0, 0.1) is 0 Å². The van der Waals surface area contributed by atoms with Crippen molar-refractivity contribution in [2.45, 2.75) is 13.1 Å². The molecule has 0 amide bonds. The molecule has 4 heteroatoms. The van der Waals surface area contributed by atoms with Gasteiger partial charge in [-0.2, -0.15) is 0 Å². The summed E-state index contributed by atoms with van der Waals surface area (Å²) in [4.78, 5) is 11.2. The minimum Gasteiger partial charge on any atom is -0.468 e. The molecule has 0 bridgehead atoms. The Hall–Kier alpha value is -1.81. The summed E-state index contributed by atoms with van der Waals surface area (Å²) in [6.07, 6.45) is 1.88. The second-order valence-electron chi connectivity index (χ2n) is 3.57. The van der Waals surface area contributed by atoms with E-state index in [2.05, 4.69) is 4.74 Å². The Labute approximate surface area is 93.6 Å². The molecule has 0 saturated carbocycles. The number of nitrogens with zero attached hydrogens (tertiary/aromatic N) is 1. The zero-order valence-corrected chi connectivity index (χ0v) is 9.14. The maximum absolute atomic E-state index is 11.2. The maximum atomic E-state index is 11.2. The van der Waals surface area contributed by atoms with Crippen LogP contribution in [-0.2, 0) is 22.6 Å². The Morgan fingerprint density at radius 2 is 2.25 bits per heavy atom. The molecule has 0 atom stereocenters. The summed E-state index contributed by atoms with van der Waals surface area (Å²) in [6.45, 7) is 0.730. The van der Waals surface area contributed by atoms with Crippen LogP contribution in [0.25, 0.3) is 10.9 Å². The summed E-state index contributed by atoms with van der Waals surface area (Å²) < 4.78 is 6.51. The van der Waals surface area contributed by atoms with E-state index in [-0.39, 0.29) is 12.5 Å². The summed E-state index contributed by atoms with van der Waals surface area (Å²) in [5.74, 6) is -0.254. The van der Waals surface area contributed by atoms with E-state index in [1.807, 2.05) is 35.0 Å². The van der Waals surface area contributed by atoms with Gasteiger partial charge in [-0.15, -0.1) is 0 Å². The monoisotopic (exact) mass is 218 g/mol. The molecule has 1 heterocycles. The van der Waals surface area contributed by atoms with Gasteiger partial charge in [-0.25, -0.2) is 0 Å². The number of methoxy groups -OCH3 is 1. The molecule has 2 rings (SSSR count). The van der Waals surface area contributed by atoms with Gasteiger partial charge in [-0.3, -0.25) is 4.79 Å². The highest BCUT2D eigenvalue weighted by Gasteiger charge is 2.07. The summed E-state index contributed by atoms with van der Waals surface area (Å²) in [5.41, 5.74) is 7.74. The Kier molecular flexibility index (Phi) is 2.92. The van der Waals surface area contributed by atoms with Gasteiger partial charge in [0.25, 0.3) is 0 Å². The van der Waals surface area contributed by atoms with E-state index in [0.717, 1.165) is 16.5 Å². The number of ether oxygens (including phenoxy) is 1. The number of benzene rings is 1. The van der Waals surface area contributed by atoms with Crippen LogP contribution in [0.4, 0.5) is 0 Å². The van der Waals surface area contributed by atoms with E-state index < -0.39 is 0 Å². The van der Waals surface area contributed by atoms with Crippen LogP contribution in [-0.4, -0.2) is 17.6 Å². The van der Waals surface area contributed by atoms with Gasteiger partial charge >= 0.3 is 5.97 Å². The smallest absolute Gasteiger partial charge is 0.325 e. The molecular weight excluding hydrogens is 204 g/mol. The zero-order chi connectivity index (χ0) is 11.5. The fourth-order valence-corrected chi connectivity index (χ4v) is 1.81. The number of carbonyl (C=O) groups excluding carboxylic acids is 1. The average Bonchev–Trinajstić information content (AvgIpc) is 2.72. The van der Waals surface area contributed by atoms with Crippen LogP contribution >= 0.6 is 0 Å². The third-order valence-electron chi connectivity index (χ3n) is 2.65. The molecule has 0 aliphatic carbocycles. The molecule has 2 N–H and O–H groups in total. The molecule has 0 aliphatic rings. The lowest BCUT2D eigenvalue weighted by Crippen LogP contribution is -2.10. The van der Waals surface area contributed by atoms with Crippen molar-refractivity contribution in [3.05, 3.63) is 36.0 Å². The van der Waals surface area contributed by atoms with Gasteiger partial charge in [0, 0.05) is 23.6 Å². The predicted octanol–water partition coefficient (Wildman–Crippen LogP) is 1.27. The molecule has 0 aliphatic heterocycles. The third kappa shape index (κ3) is 1.79. The summed E-state index contributed by atoms with van der Waals surface area (Å²) in [6, 6.07) is 7.88. The molecular formula is C12H14N2O2. The fraction of sp³-hybridized carbons (Fsp3) is 0.250. The molecule has 0 spiro atoms. The van der Waals surface area contributed by atoms with E-state index in [0.29, 0.717) is 6.54 Å². The first-order chi connectivity index (χ1) is 7.76. The number of nitrogens with two attached hydrogens (primary N) is 1. The normalized spacial score (nSPS) is 10.6. The second kappa shape index (κ2) is 4.37. The Morgan fingerprint density at radius 1 is 1.44 bits per heavy atom. The van der Waals surface area contributed by atoms with E-state index in [1.54, 1.807) is 0 Å². The zero-order valence-electron chi connectivity index (χ0n) is 9.14. The lowest BCUT2D eigenvalue weighted by atomic mass is 10.1. The average molecular weight is 218 g/mol. The van der Waals surface area contributed by atoms with Gasteiger partial charge in [-0.1, -0.05) is 12.1 Å². The second-order valence-corrected chi connectivity index (χ2v) is 3.57. The van der Waals surface area contributed by atoms with Crippen molar-refractivity contribution in [1.29, 1.82) is 0 Å². The minimum absolute atomic E-state index is 0.230. The number of hydrogen-bond acceptors (Lipinski definition) is 3. The molecule has 4 nitrogen and oxygen atoms in total. The Balaban J connectivity index is 2.45. The fourth-order valence-electron chi connectivity index (χ4n) is 1.81. The Morgan fingerprint density at radius 3 is 2.94 bits per heavy atom. The predicted molar refractivity (Wildman–Crippen MR) is 61.8 cm³/mol. The topological polar surface area (TPSA) is 57.2 Å². The summed E-state index contributed by atoms with van der Waals surface area (Å²) in [7, 11) is 1.39. The largest absolute Gasteiger partial charge is 0.468 e. The molecule has 0 radical (unpaired) electrons. The van der Waals surface area contributed by atoms with Crippen LogP contribution in [0.5, 0.6) is 0 Å². The molecule has 0 unspecified atom stereocenters. The highest BCUT2D eigenvalue weighted by Crippen LogP contribution is 2.19. The molecule has 16 heavy (non-hydrogen) atoms. The number of aromatic nitrogens is 1. The van der Waals surface area contributed by atoms with Crippen molar-refractivity contribution >= 4 is 16.9 Å². The highest BCUT2D eigenvalue weighted by atomic mass is 16.5. The van der Waals surface area contributed by atoms with Gasteiger partial charge in [0.05, 0.1) is 7.11 Å². The number of hydrogen-bond donors (Lipinski definition) is 1. The van der Waals surface area contributed by atoms with Crippen molar-refractivity contribution in [1.82, 2.24) is 4.57 Å². The lowest BCUT2D eigenvalue weighted by molar-refractivity contribution is -0.141. The van der Waals surface area contributed by atoms with Gasteiger partial charge < -0.3 is 15.0 Å². The van der Waals surface area contributed by atoms with E-state index in [1.165, 1.54) is 7.11 Å². The molecule has 0 fully saturated rings. The third-order valence-corrected chi connectivity index (χ3v) is 2.65. The highest BCUT2D eigenvalue weighted by molar-refractivity contribution is 5.85. The van der Waals surface area contributed by atoms with Gasteiger partial charge in [0.2, 0.25) is 0 Å².